The van der Waals surface area contributed by atoms with E-state index in [0.29, 0.717) is 4.90 Å². The van der Waals surface area contributed by atoms with Crippen LogP contribution in [0.5, 0.6) is 0 Å². The minimum Gasteiger partial charge on any atom is -0.324 e. The second-order valence-electron chi connectivity index (χ2n) is 2.39. The van der Waals surface area contributed by atoms with Crippen molar-refractivity contribution in [2.75, 3.05) is 5.49 Å². The maximum Gasteiger partial charge on any atom is 0.335 e. The van der Waals surface area contributed by atoms with Crippen LogP contribution in [-0.2, 0) is 4.57 Å². The molecule has 0 aliphatic carbocycles. The summed E-state index contributed by atoms with van der Waals surface area (Å²) in [4.78, 5) is 17.7. The highest BCUT2D eigenvalue weighted by Crippen LogP contribution is 2.41. The normalized spacial score (nSPS) is 11.6. The van der Waals surface area contributed by atoms with Crippen LogP contribution in [0.1, 0.15) is 0 Å². The Kier molecular flexibility index (Phi) is 3.50. The third-order valence-electron chi connectivity index (χ3n) is 1.21. The van der Waals surface area contributed by atoms with Crippen LogP contribution in [0.4, 0.5) is 4.39 Å². The van der Waals surface area contributed by atoms with Crippen molar-refractivity contribution in [3.05, 3.63) is 30.1 Å². The monoisotopic (exact) mass is 222 g/mol. The first kappa shape index (κ1) is 10.7. The lowest BCUT2D eigenvalue weighted by molar-refractivity contribution is 0.379. The maximum atomic E-state index is 12.4. The molecule has 0 amide bonds. The molecule has 1 aromatic rings. The van der Waals surface area contributed by atoms with Gasteiger partial charge in [-0.3, -0.25) is 4.57 Å². The lowest BCUT2D eigenvalue weighted by atomic mass is 10.4. The van der Waals surface area contributed by atoms with Crippen LogP contribution in [0, 0.1) is 5.82 Å². The molecule has 0 bridgehead atoms. The van der Waals surface area contributed by atoms with Crippen LogP contribution in [0.15, 0.2) is 29.2 Å². The van der Waals surface area contributed by atoms with Crippen LogP contribution >= 0.6 is 19.4 Å². The summed E-state index contributed by atoms with van der Waals surface area (Å²) in [6.45, 7) is 0. The molecule has 2 N–H and O–H groups in total. The molecular formula is C7H8FO3PS. The topological polar surface area (TPSA) is 57.5 Å². The Hall–Kier alpha value is -0.350. The zero-order chi connectivity index (χ0) is 9.90. The summed E-state index contributed by atoms with van der Waals surface area (Å²) in [6, 6.07) is 5.47. The van der Waals surface area contributed by atoms with Crippen molar-refractivity contribution < 1.29 is 18.7 Å². The molecule has 3 nitrogen and oxygen atoms in total. The molecule has 0 spiro atoms. The van der Waals surface area contributed by atoms with Gasteiger partial charge in [-0.15, -0.1) is 11.8 Å². The van der Waals surface area contributed by atoms with Crippen molar-refractivity contribution in [1.29, 1.82) is 0 Å². The number of rotatable bonds is 3. The Morgan fingerprint density at radius 2 is 1.85 bits per heavy atom. The fourth-order valence-electron chi connectivity index (χ4n) is 0.689. The second kappa shape index (κ2) is 4.24. The van der Waals surface area contributed by atoms with E-state index in [1.165, 1.54) is 24.3 Å². The van der Waals surface area contributed by atoms with Gasteiger partial charge in [0.15, 0.2) is 0 Å². The molecule has 0 fully saturated rings. The van der Waals surface area contributed by atoms with Crippen LogP contribution < -0.4 is 0 Å². The zero-order valence-corrected chi connectivity index (χ0v) is 8.26. The average Bonchev–Trinajstić information content (AvgIpc) is 2.02. The molecule has 0 saturated heterocycles. The van der Waals surface area contributed by atoms with Gasteiger partial charge in [-0.05, 0) is 24.3 Å². The lowest BCUT2D eigenvalue weighted by Gasteiger charge is -2.02. The van der Waals surface area contributed by atoms with Gasteiger partial charge in [0, 0.05) is 4.90 Å². The molecule has 1 rings (SSSR count). The van der Waals surface area contributed by atoms with E-state index in [1.807, 2.05) is 0 Å². The van der Waals surface area contributed by atoms with Crippen molar-refractivity contribution in [2.45, 2.75) is 4.90 Å². The van der Waals surface area contributed by atoms with Crippen molar-refractivity contribution in [3.63, 3.8) is 0 Å². The summed E-state index contributed by atoms with van der Waals surface area (Å²) in [5.41, 5.74) is -0.279. The zero-order valence-electron chi connectivity index (χ0n) is 6.55. The molecule has 0 aromatic heterocycles. The SMILES string of the molecule is O=P(O)(O)CSc1ccc(F)cc1. The van der Waals surface area contributed by atoms with Crippen LogP contribution in [0.2, 0.25) is 0 Å². The molecule has 6 heteroatoms. The Bertz CT molecular complexity index is 321. The summed E-state index contributed by atoms with van der Waals surface area (Å²) in [5, 5.41) is 0. The van der Waals surface area contributed by atoms with Crippen molar-refractivity contribution in [1.82, 2.24) is 0 Å². The van der Waals surface area contributed by atoms with Gasteiger partial charge in [0.25, 0.3) is 0 Å². The number of thioether (sulfide) groups is 1. The minimum absolute atomic E-state index is 0.279. The van der Waals surface area contributed by atoms with Crippen LogP contribution in [0.25, 0.3) is 0 Å². The molecule has 0 atom stereocenters. The van der Waals surface area contributed by atoms with Gasteiger partial charge in [0.1, 0.15) is 11.3 Å². The third kappa shape index (κ3) is 4.43. The van der Waals surface area contributed by atoms with Crippen LogP contribution in [0.3, 0.4) is 0 Å². The van der Waals surface area contributed by atoms with E-state index in [9.17, 15) is 8.96 Å². The molecule has 72 valence electrons. The smallest absolute Gasteiger partial charge is 0.324 e. The van der Waals surface area contributed by atoms with E-state index in [4.69, 9.17) is 9.79 Å². The van der Waals surface area contributed by atoms with Crippen molar-refractivity contribution in [2.24, 2.45) is 0 Å². The number of hydrogen-bond donors (Lipinski definition) is 2. The van der Waals surface area contributed by atoms with Gasteiger partial charge in [-0.25, -0.2) is 4.39 Å². The number of benzene rings is 1. The van der Waals surface area contributed by atoms with Gasteiger partial charge in [-0.2, -0.15) is 0 Å². The maximum absolute atomic E-state index is 12.4. The van der Waals surface area contributed by atoms with Gasteiger partial charge < -0.3 is 9.79 Å². The van der Waals surface area contributed by atoms with E-state index in [2.05, 4.69) is 0 Å². The van der Waals surface area contributed by atoms with Crippen LogP contribution in [-0.4, -0.2) is 15.3 Å². The summed E-state index contributed by atoms with van der Waals surface area (Å²) in [5.74, 6) is -0.361. The van der Waals surface area contributed by atoms with E-state index in [0.717, 1.165) is 11.8 Å². The van der Waals surface area contributed by atoms with E-state index < -0.39 is 7.60 Å². The van der Waals surface area contributed by atoms with Crippen molar-refractivity contribution >= 4 is 19.4 Å². The summed E-state index contributed by atoms with van der Waals surface area (Å²) >= 11 is 1.01. The molecule has 0 aliphatic rings. The summed E-state index contributed by atoms with van der Waals surface area (Å²) in [6.07, 6.45) is 0. The molecule has 0 aliphatic heterocycles. The first-order chi connectivity index (χ1) is 5.97. The molecular weight excluding hydrogens is 214 g/mol. The molecule has 0 saturated carbocycles. The molecule has 0 heterocycles. The van der Waals surface area contributed by atoms with E-state index in [-0.39, 0.29) is 11.3 Å². The third-order valence-corrected chi connectivity index (χ3v) is 3.68. The largest absolute Gasteiger partial charge is 0.335 e. The second-order valence-corrected chi connectivity index (χ2v) is 5.51. The van der Waals surface area contributed by atoms with Crippen molar-refractivity contribution in [3.8, 4) is 0 Å². The Labute approximate surface area is 79.1 Å². The number of hydrogen-bond acceptors (Lipinski definition) is 2. The fourth-order valence-corrected chi connectivity index (χ4v) is 2.29. The fraction of sp³-hybridized carbons (Fsp3) is 0.143. The average molecular weight is 222 g/mol. The minimum atomic E-state index is -3.97. The van der Waals surface area contributed by atoms with Gasteiger partial charge in [-0.1, -0.05) is 0 Å². The summed E-state index contributed by atoms with van der Waals surface area (Å²) in [7, 11) is -3.97. The Morgan fingerprint density at radius 1 is 1.31 bits per heavy atom. The standard InChI is InChI=1S/C7H8FO3PS/c8-6-1-3-7(4-2-6)13-5-12(9,10)11/h1-4H,5H2,(H2,9,10,11). The van der Waals surface area contributed by atoms with Gasteiger partial charge in [0.05, 0.1) is 0 Å². The first-order valence-electron chi connectivity index (χ1n) is 3.40. The number of halogens is 1. The lowest BCUT2D eigenvalue weighted by Crippen LogP contribution is -1.82. The molecule has 0 unspecified atom stereocenters. The highest BCUT2D eigenvalue weighted by Gasteiger charge is 2.12. The highest BCUT2D eigenvalue weighted by molar-refractivity contribution is 8.04. The Balaban J connectivity index is 2.56. The predicted octanol–water partition coefficient (Wildman–Crippen LogP) is 2.05. The molecule has 1 aromatic carbocycles. The molecule has 0 radical (unpaired) electrons. The van der Waals surface area contributed by atoms with E-state index in [1.54, 1.807) is 0 Å². The van der Waals surface area contributed by atoms with Gasteiger partial charge in [0.2, 0.25) is 0 Å². The van der Waals surface area contributed by atoms with Gasteiger partial charge >= 0.3 is 7.60 Å². The highest BCUT2D eigenvalue weighted by atomic mass is 32.2. The molecule has 13 heavy (non-hydrogen) atoms. The van der Waals surface area contributed by atoms with E-state index >= 15 is 0 Å². The quantitative estimate of drug-likeness (QED) is 0.607. The summed E-state index contributed by atoms with van der Waals surface area (Å²) < 4.78 is 22.9. The first-order valence-corrected chi connectivity index (χ1v) is 6.19. The predicted molar refractivity (Wildman–Crippen MR) is 49.2 cm³/mol. The Morgan fingerprint density at radius 3 is 2.31 bits per heavy atom.